The van der Waals surface area contributed by atoms with Crippen LogP contribution in [0.5, 0.6) is 5.75 Å². The third-order valence-electron chi connectivity index (χ3n) is 3.47. The molecule has 0 radical (unpaired) electrons. The zero-order valence-electron chi connectivity index (χ0n) is 11.5. The number of carbonyl (C=O) groups excluding carboxylic acids is 1. The minimum absolute atomic E-state index is 0.0128. The molecular weight excluding hydrogens is 268 g/mol. The highest BCUT2D eigenvalue weighted by molar-refractivity contribution is 5.98. The van der Waals surface area contributed by atoms with Crippen molar-refractivity contribution in [2.45, 2.75) is 13.2 Å². The summed E-state index contributed by atoms with van der Waals surface area (Å²) in [5, 5.41) is 9.06. The SMILES string of the molecule is Nc1ccc2c(c1)OCC(=O)N2Cc1ccc(CO)cc1. The second-order valence-electron chi connectivity index (χ2n) is 4.97. The number of aliphatic hydroxyl groups excluding tert-OH is 1. The molecule has 0 saturated carbocycles. The predicted octanol–water partition coefficient (Wildman–Crippen LogP) is 1.69. The summed E-state index contributed by atoms with van der Waals surface area (Å²) in [6.07, 6.45) is 0. The number of fused-ring (bicyclic) bond motifs is 1. The first-order valence-electron chi connectivity index (χ1n) is 6.69. The third-order valence-corrected chi connectivity index (χ3v) is 3.47. The zero-order chi connectivity index (χ0) is 14.8. The third kappa shape index (κ3) is 2.68. The number of ether oxygens (including phenoxy) is 1. The molecule has 1 amide bonds. The maximum absolute atomic E-state index is 12.1. The molecule has 0 unspecified atom stereocenters. The van der Waals surface area contributed by atoms with Crippen LogP contribution in [0.25, 0.3) is 0 Å². The highest BCUT2D eigenvalue weighted by atomic mass is 16.5. The quantitative estimate of drug-likeness (QED) is 0.841. The Morgan fingerprint density at radius 3 is 2.57 bits per heavy atom. The molecule has 3 rings (SSSR count). The first-order valence-corrected chi connectivity index (χ1v) is 6.69. The monoisotopic (exact) mass is 284 g/mol. The maximum Gasteiger partial charge on any atom is 0.265 e. The van der Waals surface area contributed by atoms with E-state index < -0.39 is 0 Å². The molecule has 2 aromatic carbocycles. The van der Waals surface area contributed by atoms with Crippen LogP contribution in [0.2, 0.25) is 0 Å². The number of rotatable bonds is 3. The number of carbonyl (C=O) groups is 1. The standard InChI is InChI=1S/C16H16N2O3/c17-13-5-6-14-15(7-13)21-10-16(20)18(14)8-11-1-3-12(9-19)4-2-11/h1-7,19H,8-10,17H2. The van der Waals surface area contributed by atoms with Crippen LogP contribution in [0.15, 0.2) is 42.5 Å². The second-order valence-corrected chi connectivity index (χ2v) is 4.97. The molecule has 3 N–H and O–H groups in total. The molecule has 1 aliphatic rings. The summed E-state index contributed by atoms with van der Waals surface area (Å²) in [5.74, 6) is 0.542. The van der Waals surface area contributed by atoms with Crippen molar-refractivity contribution >= 4 is 17.3 Å². The lowest BCUT2D eigenvalue weighted by atomic mass is 10.1. The van der Waals surface area contributed by atoms with E-state index in [1.54, 1.807) is 23.1 Å². The van der Waals surface area contributed by atoms with E-state index in [1.807, 2.05) is 24.3 Å². The Bertz CT molecular complexity index is 668. The smallest absolute Gasteiger partial charge is 0.265 e. The number of nitrogens with two attached hydrogens (primary N) is 1. The van der Waals surface area contributed by atoms with Gasteiger partial charge >= 0.3 is 0 Å². The summed E-state index contributed by atoms with van der Waals surface area (Å²) in [6.45, 7) is 0.495. The van der Waals surface area contributed by atoms with Crippen molar-refractivity contribution in [1.29, 1.82) is 0 Å². The molecule has 5 heteroatoms. The molecular formula is C16H16N2O3. The number of anilines is 2. The van der Waals surface area contributed by atoms with E-state index in [-0.39, 0.29) is 19.1 Å². The average molecular weight is 284 g/mol. The van der Waals surface area contributed by atoms with Crippen LogP contribution in [0.1, 0.15) is 11.1 Å². The van der Waals surface area contributed by atoms with Gasteiger partial charge < -0.3 is 20.5 Å². The summed E-state index contributed by atoms with van der Waals surface area (Å²) >= 11 is 0. The average Bonchev–Trinajstić information content (AvgIpc) is 2.51. The lowest BCUT2D eigenvalue weighted by molar-refractivity contribution is -0.121. The van der Waals surface area contributed by atoms with E-state index in [2.05, 4.69) is 0 Å². The van der Waals surface area contributed by atoms with E-state index in [4.69, 9.17) is 15.6 Å². The number of nitrogens with zero attached hydrogens (tertiary/aromatic N) is 1. The predicted molar refractivity (Wildman–Crippen MR) is 79.9 cm³/mol. The lowest BCUT2D eigenvalue weighted by Gasteiger charge is -2.29. The molecule has 5 nitrogen and oxygen atoms in total. The Balaban J connectivity index is 1.89. The topological polar surface area (TPSA) is 75.8 Å². The van der Waals surface area contributed by atoms with Gasteiger partial charge in [0.25, 0.3) is 5.91 Å². The van der Waals surface area contributed by atoms with E-state index in [0.29, 0.717) is 18.0 Å². The summed E-state index contributed by atoms with van der Waals surface area (Å²) in [7, 11) is 0. The molecule has 0 bridgehead atoms. The highest BCUT2D eigenvalue weighted by Gasteiger charge is 2.25. The van der Waals surface area contributed by atoms with E-state index in [9.17, 15) is 4.79 Å². The Kier molecular flexibility index (Phi) is 3.50. The Hall–Kier alpha value is -2.53. The van der Waals surface area contributed by atoms with Gasteiger partial charge in [-0.2, -0.15) is 0 Å². The summed E-state index contributed by atoms with van der Waals surface area (Å²) < 4.78 is 5.42. The van der Waals surface area contributed by atoms with E-state index in [0.717, 1.165) is 16.8 Å². The van der Waals surface area contributed by atoms with Crippen molar-refractivity contribution < 1.29 is 14.6 Å². The molecule has 0 aliphatic carbocycles. The molecule has 0 saturated heterocycles. The number of aliphatic hydroxyl groups is 1. The van der Waals surface area contributed by atoms with Gasteiger partial charge in [0, 0.05) is 11.8 Å². The first-order chi connectivity index (χ1) is 10.2. The number of hydrogen-bond donors (Lipinski definition) is 2. The normalized spacial score (nSPS) is 13.8. The fraction of sp³-hybridized carbons (Fsp3) is 0.188. The van der Waals surface area contributed by atoms with Crippen molar-refractivity contribution in [1.82, 2.24) is 0 Å². The van der Waals surface area contributed by atoms with Gasteiger partial charge in [-0.1, -0.05) is 24.3 Å². The Morgan fingerprint density at radius 2 is 1.86 bits per heavy atom. The van der Waals surface area contributed by atoms with Crippen LogP contribution in [0.4, 0.5) is 11.4 Å². The van der Waals surface area contributed by atoms with Gasteiger partial charge in [0.05, 0.1) is 18.8 Å². The molecule has 0 atom stereocenters. The summed E-state index contributed by atoms with van der Waals surface area (Å²) in [5.41, 5.74) is 8.91. The van der Waals surface area contributed by atoms with Gasteiger partial charge in [0.15, 0.2) is 6.61 Å². The minimum atomic E-state index is -0.0847. The largest absolute Gasteiger partial charge is 0.481 e. The van der Waals surface area contributed by atoms with Crippen molar-refractivity contribution in [3.05, 3.63) is 53.6 Å². The van der Waals surface area contributed by atoms with Crippen molar-refractivity contribution in [2.24, 2.45) is 0 Å². The fourth-order valence-corrected chi connectivity index (χ4v) is 2.33. The van der Waals surface area contributed by atoms with Crippen LogP contribution in [-0.4, -0.2) is 17.6 Å². The fourth-order valence-electron chi connectivity index (χ4n) is 2.33. The molecule has 0 fully saturated rings. The van der Waals surface area contributed by atoms with Gasteiger partial charge in [-0.3, -0.25) is 4.79 Å². The minimum Gasteiger partial charge on any atom is -0.481 e. The van der Waals surface area contributed by atoms with E-state index in [1.165, 1.54) is 0 Å². The van der Waals surface area contributed by atoms with Crippen LogP contribution < -0.4 is 15.4 Å². The molecule has 1 heterocycles. The van der Waals surface area contributed by atoms with Gasteiger partial charge in [-0.25, -0.2) is 0 Å². The van der Waals surface area contributed by atoms with Gasteiger partial charge in [-0.15, -0.1) is 0 Å². The number of hydrogen-bond acceptors (Lipinski definition) is 4. The molecule has 21 heavy (non-hydrogen) atoms. The van der Waals surface area contributed by atoms with Crippen LogP contribution in [0.3, 0.4) is 0 Å². The molecule has 0 aromatic heterocycles. The van der Waals surface area contributed by atoms with Crippen molar-refractivity contribution in [3.63, 3.8) is 0 Å². The highest BCUT2D eigenvalue weighted by Crippen LogP contribution is 2.34. The molecule has 1 aliphatic heterocycles. The first kappa shape index (κ1) is 13.5. The van der Waals surface area contributed by atoms with Crippen LogP contribution in [-0.2, 0) is 17.9 Å². The summed E-state index contributed by atoms with van der Waals surface area (Å²) in [4.78, 5) is 13.8. The van der Waals surface area contributed by atoms with Gasteiger partial charge in [0.1, 0.15) is 5.75 Å². The molecule has 0 spiro atoms. The zero-order valence-corrected chi connectivity index (χ0v) is 11.5. The van der Waals surface area contributed by atoms with Gasteiger partial charge in [0.2, 0.25) is 0 Å². The molecule has 108 valence electrons. The second kappa shape index (κ2) is 5.46. The molecule has 2 aromatic rings. The summed E-state index contributed by atoms with van der Waals surface area (Å²) in [6, 6.07) is 12.8. The van der Waals surface area contributed by atoms with Crippen molar-refractivity contribution in [2.75, 3.05) is 17.2 Å². The number of amides is 1. The lowest BCUT2D eigenvalue weighted by Crippen LogP contribution is -2.38. The van der Waals surface area contributed by atoms with Crippen molar-refractivity contribution in [3.8, 4) is 5.75 Å². The Labute approximate surface area is 122 Å². The number of nitrogen functional groups attached to an aromatic ring is 1. The Morgan fingerprint density at radius 1 is 1.14 bits per heavy atom. The van der Waals surface area contributed by atoms with Gasteiger partial charge in [-0.05, 0) is 23.3 Å². The van der Waals surface area contributed by atoms with Crippen LogP contribution in [0, 0.1) is 0 Å². The van der Waals surface area contributed by atoms with E-state index >= 15 is 0 Å². The number of benzene rings is 2. The van der Waals surface area contributed by atoms with Crippen LogP contribution >= 0.6 is 0 Å². The maximum atomic E-state index is 12.1.